The van der Waals surface area contributed by atoms with Crippen LogP contribution in [-0.4, -0.2) is 17.3 Å². The molecule has 0 bridgehead atoms. The first-order chi connectivity index (χ1) is 14.6. The predicted molar refractivity (Wildman–Crippen MR) is 115 cm³/mol. The van der Waals surface area contributed by atoms with E-state index in [0.717, 1.165) is 17.5 Å². The molecule has 3 aromatic carbocycles. The van der Waals surface area contributed by atoms with Crippen molar-refractivity contribution >= 4 is 40.9 Å². The van der Waals surface area contributed by atoms with Crippen molar-refractivity contribution < 1.29 is 22.8 Å². The number of alkyl halides is 3. The van der Waals surface area contributed by atoms with Gasteiger partial charge in [0, 0.05) is 11.3 Å². The Labute approximate surface area is 181 Å². The predicted octanol–water partition coefficient (Wildman–Crippen LogP) is 3.73. The number of anilines is 1. The molecule has 160 valence electrons. The van der Waals surface area contributed by atoms with Gasteiger partial charge in [0.15, 0.2) is 0 Å². The maximum atomic E-state index is 13.5. The lowest BCUT2D eigenvalue weighted by Crippen LogP contribution is -2.57. The summed E-state index contributed by atoms with van der Waals surface area (Å²) in [5, 5.41) is 6.49. The zero-order valence-electron chi connectivity index (χ0n) is 16.0. The topological polar surface area (TPSA) is 84.2 Å². The average Bonchev–Trinajstić information content (AvgIpc) is 2.70. The van der Waals surface area contributed by atoms with E-state index >= 15 is 0 Å². The number of nitrogens with one attached hydrogen (secondary N) is 2. The molecule has 3 aromatic rings. The molecule has 31 heavy (non-hydrogen) atoms. The number of carbonyl (C=O) groups excluding carboxylic acids is 2. The molecule has 5 nitrogen and oxygen atoms in total. The maximum absolute atomic E-state index is 13.5. The van der Waals surface area contributed by atoms with E-state index in [1.54, 1.807) is 24.3 Å². The molecule has 0 radical (unpaired) electrons. The lowest BCUT2D eigenvalue weighted by molar-refractivity contribution is -0.139. The Morgan fingerprint density at radius 3 is 2.32 bits per heavy atom. The van der Waals surface area contributed by atoms with Crippen LogP contribution < -0.4 is 16.4 Å². The summed E-state index contributed by atoms with van der Waals surface area (Å²) < 4.78 is 40.5. The molecule has 2 amide bonds. The summed E-state index contributed by atoms with van der Waals surface area (Å²) in [6, 6.07) is 13.9. The molecule has 1 aliphatic rings. The Bertz CT molecular complexity index is 1180. The van der Waals surface area contributed by atoms with E-state index in [9.17, 15) is 22.8 Å². The number of carbonyl (C=O) groups is 2. The molecular formula is C22H18F3N3O2S. The Morgan fingerprint density at radius 1 is 0.968 bits per heavy atom. The molecule has 1 fully saturated rings. The Kier molecular flexibility index (Phi) is 5.30. The second-order valence-electron chi connectivity index (χ2n) is 7.30. The van der Waals surface area contributed by atoms with Gasteiger partial charge in [-0.05, 0) is 46.5 Å². The van der Waals surface area contributed by atoms with Crippen LogP contribution in [0.2, 0.25) is 0 Å². The third-order valence-electron chi connectivity index (χ3n) is 5.28. The summed E-state index contributed by atoms with van der Waals surface area (Å²) in [6.45, 7) is 0. The van der Waals surface area contributed by atoms with Crippen LogP contribution in [-0.2, 0) is 22.2 Å². The number of benzene rings is 3. The van der Waals surface area contributed by atoms with Crippen molar-refractivity contribution in [1.82, 2.24) is 10.6 Å². The highest BCUT2D eigenvalue weighted by Crippen LogP contribution is 2.40. The number of halogens is 3. The molecule has 0 aromatic heterocycles. The molecule has 4 N–H and O–H groups in total. The molecule has 9 heteroatoms. The van der Waals surface area contributed by atoms with Gasteiger partial charge in [-0.3, -0.25) is 9.59 Å². The Morgan fingerprint density at radius 2 is 1.65 bits per heavy atom. The molecule has 0 unspecified atom stereocenters. The number of thiol groups is 1. The van der Waals surface area contributed by atoms with Crippen molar-refractivity contribution in [3.63, 3.8) is 0 Å². The molecular weight excluding hydrogens is 427 g/mol. The SMILES string of the molecule is Nc1ccc2ccccc2c1-c1cc(C(F)(F)F)ccc1CC1C(=O)NC(S)NC1=O. The summed E-state index contributed by atoms with van der Waals surface area (Å²) in [4.78, 5) is 24.7. The quantitative estimate of drug-likeness (QED) is 0.282. The highest BCUT2D eigenvalue weighted by atomic mass is 32.1. The van der Waals surface area contributed by atoms with E-state index in [4.69, 9.17) is 5.73 Å². The summed E-state index contributed by atoms with van der Waals surface area (Å²) >= 11 is 4.02. The van der Waals surface area contributed by atoms with Crippen LogP contribution in [0, 0.1) is 5.92 Å². The summed E-state index contributed by atoms with van der Waals surface area (Å²) in [5.41, 5.74) is 5.93. The van der Waals surface area contributed by atoms with Gasteiger partial charge >= 0.3 is 6.18 Å². The normalized spacial score (nSPS) is 19.2. The first kappa shape index (κ1) is 21.0. The third-order valence-corrected chi connectivity index (χ3v) is 5.54. The molecule has 4 rings (SSSR count). The van der Waals surface area contributed by atoms with Gasteiger partial charge in [0.25, 0.3) is 0 Å². The third kappa shape index (κ3) is 4.05. The second-order valence-corrected chi connectivity index (χ2v) is 7.81. The van der Waals surface area contributed by atoms with E-state index in [0.29, 0.717) is 22.2 Å². The lowest BCUT2D eigenvalue weighted by atomic mass is 9.87. The Balaban J connectivity index is 1.90. The van der Waals surface area contributed by atoms with Gasteiger partial charge < -0.3 is 16.4 Å². The molecule has 1 saturated heterocycles. The molecule has 0 aliphatic carbocycles. The smallest absolute Gasteiger partial charge is 0.398 e. The van der Waals surface area contributed by atoms with Crippen molar-refractivity contribution in [1.29, 1.82) is 0 Å². The fraction of sp³-hybridized carbons (Fsp3) is 0.182. The summed E-state index contributed by atoms with van der Waals surface area (Å²) in [6.07, 6.45) is -4.65. The molecule has 1 aliphatic heterocycles. The van der Waals surface area contributed by atoms with E-state index in [1.165, 1.54) is 6.07 Å². The van der Waals surface area contributed by atoms with Crippen LogP contribution in [0.25, 0.3) is 21.9 Å². The zero-order valence-corrected chi connectivity index (χ0v) is 16.9. The molecule has 0 saturated carbocycles. The van der Waals surface area contributed by atoms with Crippen molar-refractivity contribution in [3.8, 4) is 11.1 Å². The number of nitrogens with two attached hydrogens (primary N) is 1. The second kappa shape index (κ2) is 7.81. The van der Waals surface area contributed by atoms with Crippen LogP contribution in [0.5, 0.6) is 0 Å². The average molecular weight is 445 g/mol. The largest absolute Gasteiger partial charge is 0.416 e. The van der Waals surface area contributed by atoms with Crippen LogP contribution >= 0.6 is 12.6 Å². The standard InChI is InChI=1S/C22H18F3N3O2S/c23-22(24,25)13-7-5-12(9-16-19(29)27-21(31)28-20(16)30)15(10-13)18-14-4-2-1-3-11(14)6-8-17(18)26/h1-8,10,16,21,31H,9,26H2,(H,27,29)(H,28,30). The molecule has 0 atom stereocenters. The van der Waals surface area contributed by atoms with Crippen molar-refractivity contribution in [2.24, 2.45) is 5.92 Å². The minimum absolute atomic E-state index is 0.0890. The minimum atomic E-state index is -4.56. The number of nitrogen functional groups attached to an aromatic ring is 1. The van der Waals surface area contributed by atoms with Crippen molar-refractivity contribution in [3.05, 3.63) is 65.7 Å². The fourth-order valence-electron chi connectivity index (χ4n) is 3.78. The van der Waals surface area contributed by atoms with Crippen molar-refractivity contribution in [2.45, 2.75) is 18.1 Å². The lowest BCUT2D eigenvalue weighted by Gasteiger charge is -2.27. The monoisotopic (exact) mass is 445 g/mol. The zero-order chi connectivity index (χ0) is 22.3. The summed E-state index contributed by atoms with van der Waals surface area (Å²) in [7, 11) is 0. The number of amides is 2. The Hall–Kier alpha value is -3.20. The number of hydrogen-bond donors (Lipinski definition) is 4. The van der Waals surface area contributed by atoms with Gasteiger partial charge in [-0.1, -0.05) is 36.4 Å². The van der Waals surface area contributed by atoms with Crippen LogP contribution in [0.15, 0.2) is 54.6 Å². The van der Waals surface area contributed by atoms with Crippen LogP contribution in [0.1, 0.15) is 11.1 Å². The van der Waals surface area contributed by atoms with Gasteiger partial charge in [0.1, 0.15) is 11.4 Å². The van der Waals surface area contributed by atoms with E-state index in [-0.39, 0.29) is 12.0 Å². The van der Waals surface area contributed by atoms with Gasteiger partial charge in [-0.2, -0.15) is 13.2 Å². The minimum Gasteiger partial charge on any atom is -0.398 e. The van der Waals surface area contributed by atoms with Crippen LogP contribution in [0.3, 0.4) is 0 Å². The molecule has 1 heterocycles. The maximum Gasteiger partial charge on any atom is 0.416 e. The summed E-state index contributed by atoms with van der Waals surface area (Å²) in [5.74, 6) is -2.18. The van der Waals surface area contributed by atoms with E-state index in [2.05, 4.69) is 23.3 Å². The van der Waals surface area contributed by atoms with Crippen LogP contribution in [0.4, 0.5) is 18.9 Å². The van der Waals surface area contributed by atoms with E-state index < -0.39 is 35.0 Å². The van der Waals surface area contributed by atoms with Crippen molar-refractivity contribution in [2.75, 3.05) is 5.73 Å². The van der Waals surface area contributed by atoms with E-state index in [1.807, 2.05) is 12.1 Å². The first-order valence-corrected chi connectivity index (χ1v) is 9.93. The van der Waals surface area contributed by atoms with Gasteiger partial charge in [0.2, 0.25) is 11.8 Å². The first-order valence-electron chi connectivity index (χ1n) is 9.41. The highest BCUT2D eigenvalue weighted by Gasteiger charge is 2.35. The number of rotatable bonds is 3. The fourth-order valence-corrected chi connectivity index (χ4v) is 4.04. The highest BCUT2D eigenvalue weighted by molar-refractivity contribution is 7.80. The van der Waals surface area contributed by atoms with Gasteiger partial charge in [-0.15, -0.1) is 12.6 Å². The number of hydrogen-bond acceptors (Lipinski definition) is 4. The number of fused-ring (bicyclic) bond motifs is 1. The van der Waals surface area contributed by atoms with Gasteiger partial charge in [-0.25, -0.2) is 0 Å². The van der Waals surface area contributed by atoms with Gasteiger partial charge in [0.05, 0.1) is 5.56 Å². The molecule has 0 spiro atoms.